The highest BCUT2D eigenvalue weighted by Crippen LogP contribution is 2.28. The summed E-state index contributed by atoms with van der Waals surface area (Å²) in [4.78, 5) is 26.8. The molecule has 1 fully saturated rings. The molecular weight excluding hydrogens is 378 g/mol. The van der Waals surface area contributed by atoms with Crippen molar-refractivity contribution in [3.8, 4) is 5.75 Å². The molecule has 0 bridgehead atoms. The number of nitrogens with zero attached hydrogens (tertiary/aromatic N) is 2. The maximum atomic E-state index is 12.4. The summed E-state index contributed by atoms with van der Waals surface area (Å²) in [5.41, 5.74) is 0.676. The zero-order valence-electron chi connectivity index (χ0n) is 13.4. The molecule has 1 aliphatic heterocycles. The molecule has 0 radical (unpaired) electrons. The van der Waals surface area contributed by atoms with Gasteiger partial charge in [0, 0.05) is 0 Å². The van der Waals surface area contributed by atoms with Crippen LogP contribution < -0.4 is 19.7 Å². The average molecular weight is 391 g/mol. The zero-order chi connectivity index (χ0) is 19.1. The van der Waals surface area contributed by atoms with Crippen molar-refractivity contribution in [2.24, 2.45) is 5.14 Å². The van der Waals surface area contributed by atoms with Crippen molar-refractivity contribution in [2.45, 2.75) is 4.90 Å². The van der Waals surface area contributed by atoms with Gasteiger partial charge in [0.05, 0.1) is 23.4 Å². The Morgan fingerprint density at radius 2 is 1.31 bits per heavy atom. The highest BCUT2D eigenvalue weighted by molar-refractivity contribution is 7.89. The first-order valence-corrected chi connectivity index (χ1v) is 9.19. The molecule has 2 aromatic rings. The van der Waals surface area contributed by atoms with E-state index in [4.69, 9.17) is 22.1 Å². The quantitative estimate of drug-likeness (QED) is 0.615. The molecule has 2 amide bonds. The number of methoxy groups -OCH3 is 1. The minimum Gasteiger partial charge on any atom is -0.497 e. The molecule has 1 saturated heterocycles. The van der Waals surface area contributed by atoms with Gasteiger partial charge in [0.1, 0.15) is 5.75 Å². The van der Waals surface area contributed by atoms with E-state index < -0.39 is 21.8 Å². The Bertz CT molecular complexity index is 1000. The highest BCUT2D eigenvalue weighted by atomic mass is 32.2. The zero-order valence-corrected chi connectivity index (χ0v) is 15.1. The minimum atomic E-state index is -3.87. The Morgan fingerprint density at radius 1 is 0.885 bits per heavy atom. The van der Waals surface area contributed by atoms with Gasteiger partial charge in [-0.05, 0) is 60.7 Å². The number of benzene rings is 2. The third kappa shape index (κ3) is 3.05. The lowest BCUT2D eigenvalue weighted by atomic mass is 10.3. The number of hydrogen-bond acceptors (Lipinski definition) is 6. The topological polar surface area (TPSA) is 110 Å². The fourth-order valence-electron chi connectivity index (χ4n) is 2.44. The molecule has 0 atom stereocenters. The first kappa shape index (κ1) is 18.0. The summed E-state index contributed by atoms with van der Waals surface area (Å²) in [6, 6.07) is 11.7. The summed E-state index contributed by atoms with van der Waals surface area (Å²) in [5.74, 6) is -1.06. The fourth-order valence-corrected chi connectivity index (χ4v) is 3.33. The van der Waals surface area contributed by atoms with Crippen LogP contribution in [0.2, 0.25) is 0 Å². The Labute approximate surface area is 154 Å². The minimum absolute atomic E-state index is 0.0338. The number of primary sulfonamides is 1. The van der Waals surface area contributed by atoms with Crippen LogP contribution in [0.3, 0.4) is 0 Å². The number of carbonyl (C=O) groups is 2. The second kappa shape index (κ2) is 6.48. The summed E-state index contributed by atoms with van der Waals surface area (Å²) in [5, 5.41) is 5.02. The van der Waals surface area contributed by atoms with E-state index in [2.05, 4.69) is 0 Å². The molecule has 0 saturated carbocycles. The molecule has 2 aromatic carbocycles. The lowest BCUT2D eigenvalue weighted by Crippen LogP contribution is -2.33. The molecule has 0 spiro atoms. The number of rotatable bonds is 4. The van der Waals surface area contributed by atoms with Gasteiger partial charge in [0.15, 0.2) is 5.11 Å². The smallest absolute Gasteiger partial charge is 0.323 e. The van der Waals surface area contributed by atoms with Gasteiger partial charge < -0.3 is 4.74 Å². The molecule has 10 heteroatoms. The van der Waals surface area contributed by atoms with E-state index >= 15 is 0 Å². The van der Waals surface area contributed by atoms with Crippen molar-refractivity contribution in [2.75, 3.05) is 16.9 Å². The van der Waals surface area contributed by atoms with Gasteiger partial charge in [0.25, 0.3) is 0 Å². The second-order valence-corrected chi connectivity index (χ2v) is 7.23. The molecule has 134 valence electrons. The number of sulfonamides is 1. The summed E-state index contributed by atoms with van der Waals surface area (Å²) < 4.78 is 27.7. The largest absolute Gasteiger partial charge is 0.497 e. The Kier molecular flexibility index (Phi) is 4.48. The van der Waals surface area contributed by atoms with Gasteiger partial charge in [-0.1, -0.05) is 0 Å². The number of carbonyl (C=O) groups excluding carboxylic acids is 2. The van der Waals surface area contributed by atoms with Crippen molar-refractivity contribution < 1.29 is 22.7 Å². The van der Waals surface area contributed by atoms with Crippen LogP contribution in [0.5, 0.6) is 5.75 Å². The second-order valence-electron chi connectivity index (χ2n) is 5.30. The van der Waals surface area contributed by atoms with E-state index in [1.807, 2.05) is 0 Å². The number of thiocarbonyl (C=S) groups is 1. The van der Waals surface area contributed by atoms with Gasteiger partial charge >= 0.3 is 11.8 Å². The van der Waals surface area contributed by atoms with E-state index in [0.29, 0.717) is 11.4 Å². The van der Waals surface area contributed by atoms with Crippen molar-refractivity contribution in [3.63, 3.8) is 0 Å². The van der Waals surface area contributed by atoms with Crippen LogP contribution >= 0.6 is 12.2 Å². The molecule has 0 unspecified atom stereocenters. The monoisotopic (exact) mass is 391 g/mol. The SMILES string of the molecule is COc1ccc(N2C(=O)C(=O)N(c3ccc(S(N)(=O)=O)cc3)C2=S)cc1. The summed E-state index contributed by atoms with van der Waals surface area (Å²) >= 11 is 5.28. The van der Waals surface area contributed by atoms with E-state index in [1.54, 1.807) is 24.3 Å². The van der Waals surface area contributed by atoms with Crippen LogP contribution in [0.1, 0.15) is 0 Å². The van der Waals surface area contributed by atoms with E-state index in [-0.39, 0.29) is 15.7 Å². The van der Waals surface area contributed by atoms with Crippen molar-refractivity contribution >= 4 is 50.5 Å². The van der Waals surface area contributed by atoms with Crippen LogP contribution in [-0.2, 0) is 19.6 Å². The van der Waals surface area contributed by atoms with Crippen LogP contribution in [0.25, 0.3) is 0 Å². The number of ether oxygens (including phenoxy) is 1. The molecule has 8 nitrogen and oxygen atoms in total. The Hall–Kier alpha value is -2.82. The van der Waals surface area contributed by atoms with Crippen molar-refractivity contribution in [1.82, 2.24) is 0 Å². The normalized spacial score (nSPS) is 14.9. The Balaban J connectivity index is 1.95. The van der Waals surface area contributed by atoms with Crippen molar-refractivity contribution in [3.05, 3.63) is 48.5 Å². The predicted molar refractivity (Wildman–Crippen MR) is 98.4 cm³/mol. The van der Waals surface area contributed by atoms with E-state index in [0.717, 1.165) is 9.80 Å². The molecule has 2 N–H and O–H groups in total. The number of amides is 2. The highest BCUT2D eigenvalue weighted by Gasteiger charge is 2.43. The molecular formula is C16H13N3O5S2. The molecule has 26 heavy (non-hydrogen) atoms. The lowest BCUT2D eigenvalue weighted by Gasteiger charge is -2.19. The molecule has 0 aliphatic carbocycles. The summed E-state index contributed by atoms with van der Waals surface area (Å²) in [6.07, 6.45) is 0. The van der Waals surface area contributed by atoms with Gasteiger partial charge in [-0.25, -0.2) is 23.4 Å². The van der Waals surface area contributed by atoms with Crippen LogP contribution in [0.4, 0.5) is 11.4 Å². The van der Waals surface area contributed by atoms with Crippen LogP contribution in [-0.4, -0.2) is 32.5 Å². The van der Waals surface area contributed by atoms with Gasteiger partial charge in [-0.3, -0.25) is 9.59 Å². The summed E-state index contributed by atoms with van der Waals surface area (Å²) in [6.45, 7) is 0. The number of anilines is 2. The van der Waals surface area contributed by atoms with Gasteiger partial charge in [0.2, 0.25) is 10.0 Å². The average Bonchev–Trinajstić information content (AvgIpc) is 2.84. The van der Waals surface area contributed by atoms with E-state index in [9.17, 15) is 18.0 Å². The predicted octanol–water partition coefficient (Wildman–Crippen LogP) is 1.01. The summed E-state index contributed by atoms with van der Waals surface area (Å²) in [7, 11) is -2.36. The number of hydrogen-bond donors (Lipinski definition) is 1. The number of nitrogens with two attached hydrogens (primary N) is 1. The van der Waals surface area contributed by atoms with Crippen LogP contribution in [0, 0.1) is 0 Å². The van der Waals surface area contributed by atoms with Gasteiger partial charge in [-0.15, -0.1) is 0 Å². The van der Waals surface area contributed by atoms with E-state index in [1.165, 1.54) is 31.4 Å². The molecule has 0 aromatic heterocycles. The van der Waals surface area contributed by atoms with Crippen LogP contribution in [0.15, 0.2) is 53.4 Å². The van der Waals surface area contributed by atoms with Crippen molar-refractivity contribution in [1.29, 1.82) is 0 Å². The lowest BCUT2D eigenvalue weighted by molar-refractivity contribution is -0.133. The first-order valence-electron chi connectivity index (χ1n) is 7.23. The third-order valence-corrected chi connectivity index (χ3v) is 5.02. The van der Waals surface area contributed by atoms with Gasteiger partial charge in [-0.2, -0.15) is 0 Å². The maximum Gasteiger partial charge on any atom is 0.323 e. The third-order valence-electron chi connectivity index (χ3n) is 3.73. The first-order chi connectivity index (χ1) is 12.2. The maximum absolute atomic E-state index is 12.4. The Morgan fingerprint density at radius 3 is 1.69 bits per heavy atom. The molecule has 1 heterocycles. The molecule has 1 aliphatic rings. The standard InChI is InChI=1S/C16H13N3O5S2/c1-24-12-6-2-10(3-7-12)18-14(20)15(21)19(16(18)25)11-4-8-13(9-5-11)26(17,22)23/h2-9H,1H3,(H2,17,22,23). The molecule has 3 rings (SSSR count). The fraction of sp³-hybridized carbons (Fsp3) is 0.0625.